The van der Waals surface area contributed by atoms with Gasteiger partial charge in [-0.2, -0.15) is 17.4 Å². The topological polar surface area (TPSA) is 120 Å². The highest BCUT2D eigenvalue weighted by molar-refractivity contribution is 7.87. The fourth-order valence-corrected chi connectivity index (χ4v) is 7.23. The molecule has 1 saturated heterocycles. The van der Waals surface area contributed by atoms with E-state index in [4.69, 9.17) is 16.6 Å². The number of hydrogen-bond donors (Lipinski definition) is 3. The van der Waals surface area contributed by atoms with Crippen LogP contribution in [0.5, 0.6) is 0 Å². The van der Waals surface area contributed by atoms with Crippen LogP contribution in [0.1, 0.15) is 28.6 Å². The summed E-state index contributed by atoms with van der Waals surface area (Å²) in [7, 11) is -2.95. The van der Waals surface area contributed by atoms with Crippen molar-refractivity contribution >= 4 is 50.6 Å². The Hall–Kier alpha value is -3.68. The number of nitrogens with zero attached hydrogens (tertiary/aromatic N) is 2. The van der Waals surface area contributed by atoms with Gasteiger partial charge in [-0.1, -0.05) is 72.3 Å². The summed E-state index contributed by atoms with van der Waals surface area (Å²) in [6.45, 7) is 1.86. The molecular weight excluding hydrogens is 601 g/mol. The van der Waals surface area contributed by atoms with E-state index in [2.05, 4.69) is 15.4 Å². The SMILES string of the molecule is Cc1nc(-c2ccccc2)sc1C(NC(=O)C1CC(C(=O)Nc2ccc(F)c(Cl)c2)N(C)S(=O)(=O)N1)c1ccccc1. The molecule has 0 bridgehead atoms. The molecule has 1 fully saturated rings. The van der Waals surface area contributed by atoms with Crippen molar-refractivity contribution in [1.29, 1.82) is 0 Å². The molecule has 218 valence electrons. The molecule has 0 aliphatic carbocycles. The molecule has 1 aliphatic rings. The molecular formula is C29H27ClFN5O4S2. The van der Waals surface area contributed by atoms with E-state index in [0.717, 1.165) is 37.1 Å². The summed E-state index contributed by atoms with van der Waals surface area (Å²) < 4.78 is 42.8. The van der Waals surface area contributed by atoms with E-state index in [-0.39, 0.29) is 17.1 Å². The average molecular weight is 628 g/mol. The van der Waals surface area contributed by atoms with Crippen LogP contribution in [0.2, 0.25) is 5.02 Å². The van der Waals surface area contributed by atoms with E-state index < -0.39 is 46.0 Å². The number of benzene rings is 3. The first kappa shape index (κ1) is 29.8. The van der Waals surface area contributed by atoms with Crippen molar-refractivity contribution in [3.63, 3.8) is 0 Å². The molecule has 5 rings (SSSR count). The number of hydrogen-bond acceptors (Lipinski definition) is 6. The maximum absolute atomic E-state index is 13.7. The minimum absolute atomic E-state index is 0.152. The first-order valence-electron chi connectivity index (χ1n) is 12.9. The third-order valence-electron chi connectivity index (χ3n) is 6.91. The van der Waals surface area contributed by atoms with E-state index in [1.54, 1.807) is 0 Å². The number of rotatable bonds is 7. The number of anilines is 1. The van der Waals surface area contributed by atoms with Gasteiger partial charge in [0.05, 0.1) is 21.6 Å². The first-order chi connectivity index (χ1) is 20.0. The van der Waals surface area contributed by atoms with Crippen LogP contribution < -0.4 is 15.4 Å². The number of aromatic nitrogens is 1. The summed E-state index contributed by atoms with van der Waals surface area (Å²) in [6, 6.07) is 19.5. The molecule has 1 aliphatic heterocycles. The first-order valence-corrected chi connectivity index (χ1v) is 15.6. The minimum Gasteiger partial charge on any atom is -0.343 e. The van der Waals surface area contributed by atoms with Crippen molar-refractivity contribution in [3.8, 4) is 10.6 Å². The summed E-state index contributed by atoms with van der Waals surface area (Å²) >= 11 is 7.26. The molecule has 2 heterocycles. The van der Waals surface area contributed by atoms with Gasteiger partial charge in [-0.25, -0.2) is 9.37 Å². The standard InChI is InChI=1S/C29H27ClFN5O4S2/c1-17-26(41-29(32-17)19-11-7-4-8-12-19)25(18-9-5-3-6-10-18)34-27(37)23-16-24(36(2)42(39,40)35-23)28(38)33-20-13-14-22(31)21(30)15-20/h3-15,23-25,35H,16H2,1-2H3,(H,33,38)(H,34,37). The Morgan fingerprint density at radius 2 is 1.74 bits per heavy atom. The summed E-state index contributed by atoms with van der Waals surface area (Å²) in [5, 5.41) is 6.15. The van der Waals surface area contributed by atoms with Crippen LogP contribution >= 0.6 is 22.9 Å². The molecule has 42 heavy (non-hydrogen) atoms. The van der Waals surface area contributed by atoms with Gasteiger partial charge in [0, 0.05) is 18.3 Å². The molecule has 13 heteroatoms. The van der Waals surface area contributed by atoms with Gasteiger partial charge < -0.3 is 10.6 Å². The van der Waals surface area contributed by atoms with Crippen LogP contribution in [0.3, 0.4) is 0 Å². The van der Waals surface area contributed by atoms with E-state index >= 15 is 0 Å². The smallest absolute Gasteiger partial charge is 0.280 e. The van der Waals surface area contributed by atoms with Gasteiger partial charge in [0.1, 0.15) is 22.9 Å². The highest BCUT2D eigenvalue weighted by Crippen LogP contribution is 2.35. The Bertz CT molecular complexity index is 1720. The number of aryl methyl sites for hydroxylation is 1. The van der Waals surface area contributed by atoms with Gasteiger partial charge in [-0.05, 0) is 37.1 Å². The summed E-state index contributed by atoms with van der Waals surface area (Å²) in [5.74, 6) is -1.95. The van der Waals surface area contributed by atoms with Crippen molar-refractivity contribution < 1.29 is 22.4 Å². The number of carbonyl (C=O) groups is 2. The Kier molecular flexibility index (Phi) is 8.71. The third-order valence-corrected chi connectivity index (χ3v) is 10.1. The molecule has 9 nitrogen and oxygen atoms in total. The Balaban J connectivity index is 1.41. The third kappa shape index (κ3) is 6.37. The van der Waals surface area contributed by atoms with Crippen LogP contribution in [0, 0.1) is 12.7 Å². The lowest BCUT2D eigenvalue weighted by atomic mass is 10.0. The lowest BCUT2D eigenvalue weighted by Crippen LogP contribution is -2.62. The quantitative estimate of drug-likeness (QED) is 0.275. The number of halogens is 2. The second kappa shape index (κ2) is 12.3. The second-order valence-electron chi connectivity index (χ2n) is 9.75. The van der Waals surface area contributed by atoms with Gasteiger partial charge in [0.2, 0.25) is 11.8 Å². The zero-order valence-electron chi connectivity index (χ0n) is 22.5. The van der Waals surface area contributed by atoms with E-state index in [0.29, 0.717) is 0 Å². The molecule has 3 aromatic carbocycles. The van der Waals surface area contributed by atoms with Crippen molar-refractivity contribution in [2.24, 2.45) is 0 Å². The number of carbonyl (C=O) groups excluding carboxylic acids is 2. The van der Waals surface area contributed by atoms with Crippen LogP contribution in [-0.2, 0) is 19.8 Å². The maximum Gasteiger partial charge on any atom is 0.280 e. The van der Waals surface area contributed by atoms with Crippen molar-refractivity contribution in [3.05, 3.63) is 106 Å². The monoisotopic (exact) mass is 627 g/mol. The van der Waals surface area contributed by atoms with Crippen LogP contribution in [0.4, 0.5) is 10.1 Å². The fraction of sp³-hybridized carbons (Fsp3) is 0.207. The Labute approximate surface area is 251 Å². The zero-order valence-corrected chi connectivity index (χ0v) is 24.9. The molecule has 0 spiro atoms. The molecule has 2 amide bonds. The van der Waals surface area contributed by atoms with Gasteiger partial charge in [-0.3, -0.25) is 9.59 Å². The summed E-state index contributed by atoms with van der Waals surface area (Å²) in [6.07, 6.45) is -0.152. The van der Waals surface area contributed by atoms with Crippen molar-refractivity contribution in [1.82, 2.24) is 19.3 Å². The lowest BCUT2D eigenvalue weighted by Gasteiger charge is -2.36. The fourth-order valence-electron chi connectivity index (χ4n) is 4.65. The molecule has 3 unspecified atom stereocenters. The predicted octanol–water partition coefficient (Wildman–Crippen LogP) is 4.66. The molecule has 0 saturated carbocycles. The lowest BCUT2D eigenvalue weighted by molar-refractivity contribution is -0.125. The number of thiazole rings is 1. The van der Waals surface area contributed by atoms with Gasteiger partial charge >= 0.3 is 0 Å². The van der Waals surface area contributed by atoms with E-state index in [1.165, 1.54) is 30.5 Å². The molecule has 0 radical (unpaired) electrons. The largest absolute Gasteiger partial charge is 0.343 e. The van der Waals surface area contributed by atoms with Crippen molar-refractivity contribution in [2.45, 2.75) is 31.5 Å². The Morgan fingerprint density at radius 1 is 1.07 bits per heavy atom. The number of likely N-dealkylation sites (N-methyl/N-ethyl adjacent to an activating group) is 1. The Morgan fingerprint density at radius 3 is 2.40 bits per heavy atom. The summed E-state index contributed by atoms with van der Waals surface area (Å²) in [4.78, 5) is 32.4. The maximum atomic E-state index is 13.7. The number of amides is 2. The van der Waals surface area contributed by atoms with Gasteiger partial charge in [0.25, 0.3) is 10.2 Å². The normalized spacial score (nSPS) is 19.1. The molecule has 1 aromatic heterocycles. The summed E-state index contributed by atoms with van der Waals surface area (Å²) in [5.41, 5.74) is 2.65. The average Bonchev–Trinajstić information content (AvgIpc) is 3.36. The van der Waals surface area contributed by atoms with Crippen LogP contribution in [-0.4, -0.2) is 48.7 Å². The zero-order chi connectivity index (χ0) is 30.0. The molecule has 3 atom stereocenters. The highest BCUT2D eigenvalue weighted by Gasteiger charge is 2.43. The van der Waals surface area contributed by atoms with E-state index in [1.807, 2.05) is 67.6 Å². The van der Waals surface area contributed by atoms with E-state index in [9.17, 15) is 22.4 Å². The van der Waals surface area contributed by atoms with Crippen molar-refractivity contribution in [2.75, 3.05) is 12.4 Å². The molecule has 4 aromatic rings. The second-order valence-corrected chi connectivity index (χ2v) is 12.9. The van der Waals surface area contributed by atoms with Gasteiger partial charge in [-0.15, -0.1) is 11.3 Å². The van der Waals surface area contributed by atoms with Crippen LogP contribution in [0.15, 0.2) is 78.9 Å². The number of nitrogens with one attached hydrogen (secondary N) is 3. The van der Waals surface area contributed by atoms with Crippen LogP contribution in [0.25, 0.3) is 10.6 Å². The molecule has 3 N–H and O–H groups in total. The predicted molar refractivity (Wildman–Crippen MR) is 161 cm³/mol. The van der Waals surface area contributed by atoms with Gasteiger partial charge in [0.15, 0.2) is 0 Å². The minimum atomic E-state index is -4.20. The highest BCUT2D eigenvalue weighted by atomic mass is 35.5.